The summed E-state index contributed by atoms with van der Waals surface area (Å²) < 4.78 is 11.1. The summed E-state index contributed by atoms with van der Waals surface area (Å²) in [5.74, 6) is 0. The fourth-order valence-corrected chi connectivity index (χ4v) is 4.39. The normalized spacial score (nSPS) is 7.88. The first kappa shape index (κ1) is 72.1. The molecule has 34 heteroatoms. The van der Waals surface area contributed by atoms with Gasteiger partial charge in [0.05, 0.1) is 0 Å². The van der Waals surface area contributed by atoms with Crippen molar-refractivity contribution in [3.05, 3.63) is 170 Å². The number of benzene rings is 3. The summed E-state index contributed by atoms with van der Waals surface area (Å²) >= 11 is 14.8. The second-order valence-corrected chi connectivity index (χ2v) is 10.9. The van der Waals surface area contributed by atoms with Gasteiger partial charge in [0, 0.05) is 34.1 Å². The van der Waals surface area contributed by atoms with E-state index in [2.05, 4.69) is 110 Å². The second kappa shape index (κ2) is 43.4. The van der Waals surface area contributed by atoms with Crippen LogP contribution in [0.15, 0.2) is 149 Å². The van der Waals surface area contributed by atoms with Gasteiger partial charge in [-0.1, -0.05) is 48.9 Å². The zero-order chi connectivity index (χ0) is 43.2. The second-order valence-electron chi connectivity index (χ2n) is 10.1. The van der Waals surface area contributed by atoms with Crippen LogP contribution in [0.3, 0.4) is 0 Å². The van der Waals surface area contributed by atoms with Gasteiger partial charge in [-0.3, -0.25) is 27.4 Å². The molecule has 0 saturated heterocycles. The zero-order valence-corrected chi connectivity index (χ0v) is 39.8. The van der Waals surface area contributed by atoms with Gasteiger partial charge in [0.2, 0.25) is 0 Å². The third-order valence-electron chi connectivity index (χ3n) is 6.85. The molecule has 0 aliphatic rings. The Balaban J connectivity index is -0.000000180. The Hall–Kier alpha value is -7.50. The van der Waals surface area contributed by atoms with E-state index in [1.807, 2.05) is 100 Å². The van der Waals surface area contributed by atoms with Crippen molar-refractivity contribution in [1.29, 1.82) is 0 Å². The first-order valence-electron chi connectivity index (χ1n) is 15.9. The number of rotatable bonds is 6. The van der Waals surface area contributed by atoms with Crippen LogP contribution in [-0.4, -0.2) is 120 Å². The average Bonchev–Trinajstić information content (AvgIpc) is 4.14. The third-order valence-corrected chi connectivity index (χ3v) is 6.85. The quantitative estimate of drug-likeness (QED) is 0.0903. The summed E-state index contributed by atoms with van der Waals surface area (Å²) in [6.45, 7) is 0. The SMILES string of the molecule is O.O.[Fe+2].[Fe+2].[N-]=C=S.[N-]=C=S.[N-]=C=S.[N-]=C=S.[OH3+].[OH3+].[OH3+].[OH3+].c1cc(-n2cnnc2)ccc1-n1cnnc1.c1cc(-n2cnnc2)ccc1-n1cnnc1.c1cc(-n2cnnc2)ccc1-n1cnnc1. The van der Waals surface area contributed by atoms with Crippen LogP contribution in [0.25, 0.3) is 55.8 Å². The number of isothiocyanates is 4. The molecular weight excluding hydrogens is 1050 g/mol. The molecule has 28 nitrogen and oxygen atoms in total. The number of hydrogen-bond donors (Lipinski definition) is 0. The number of thiocarbonyl (C=S) groups is 4. The van der Waals surface area contributed by atoms with Crippen LogP contribution in [-0.2, 0) is 56.0 Å². The van der Waals surface area contributed by atoms with Crippen molar-refractivity contribution in [2.45, 2.75) is 0 Å². The monoisotopic (exact) mass is 1090 g/mol. The molecule has 0 unspecified atom stereocenters. The van der Waals surface area contributed by atoms with Crippen molar-refractivity contribution >= 4 is 69.5 Å². The largest absolute Gasteiger partial charge is 2.00 e. The molecule has 0 aliphatic heterocycles. The maximum Gasteiger partial charge on any atom is 2.00 e. The summed E-state index contributed by atoms with van der Waals surface area (Å²) in [5, 5.41) is 79.0. The fraction of sp³-hybridized carbons (Fsp3) is 0. The average molecular weight is 1090 g/mol. The van der Waals surface area contributed by atoms with E-state index >= 15 is 0 Å². The Bertz CT molecular complexity index is 2160. The molecule has 0 fully saturated rings. The maximum absolute atomic E-state index is 7.13. The topological polar surface area (TPSA) is 468 Å². The molecule has 0 saturated carbocycles. The molecule has 9 aromatic rings. The number of hydrogen-bond acceptors (Lipinski definition) is 16. The molecule has 16 N–H and O–H groups in total. The Morgan fingerprint density at radius 1 is 0.265 bits per heavy atom. The van der Waals surface area contributed by atoms with E-state index in [1.54, 1.807) is 75.9 Å². The molecular formula is C34H40Fe2N22O6S4+4. The zero-order valence-electron chi connectivity index (χ0n) is 34.3. The van der Waals surface area contributed by atoms with Gasteiger partial charge >= 0.3 is 34.1 Å². The van der Waals surface area contributed by atoms with Gasteiger partial charge in [0.15, 0.2) is 0 Å². The van der Waals surface area contributed by atoms with Gasteiger partial charge in [-0.25, -0.2) is 0 Å². The Morgan fingerprint density at radius 2 is 0.338 bits per heavy atom. The third kappa shape index (κ3) is 24.7. The predicted octanol–water partition coefficient (Wildman–Crippen LogP) is -0.164. The van der Waals surface area contributed by atoms with Crippen LogP contribution in [0.5, 0.6) is 0 Å². The van der Waals surface area contributed by atoms with E-state index in [4.69, 9.17) is 21.6 Å². The van der Waals surface area contributed by atoms with Gasteiger partial charge in [-0.15, -0.1) is 61.2 Å². The molecule has 0 spiro atoms. The number of aromatic nitrogens is 18. The van der Waals surface area contributed by atoms with Crippen LogP contribution in [0.4, 0.5) is 0 Å². The fourth-order valence-electron chi connectivity index (χ4n) is 4.39. The Kier molecular flexibility index (Phi) is 46.0. The van der Waals surface area contributed by atoms with Gasteiger partial charge in [0.25, 0.3) is 0 Å². The summed E-state index contributed by atoms with van der Waals surface area (Å²) in [7, 11) is 0. The molecule has 0 radical (unpaired) electrons. The molecule has 358 valence electrons. The summed E-state index contributed by atoms with van der Waals surface area (Å²) in [6.07, 6.45) is 19.9. The molecule has 0 atom stereocenters. The van der Waals surface area contributed by atoms with E-state index in [0.717, 1.165) is 34.1 Å². The molecule has 0 aliphatic carbocycles. The van der Waals surface area contributed by atoms with E-state index in [0.29, 0.717) is 0 Å². The van der Waals surface area contributed by atoms with Crippen LogP contribution in [0.2, 0.25) is 0 Å². The predicted molar refractivity (Wildman–Crippen MR) is 259 cm³/mol. The minimum Gasteiger partial charge on any atom is -0.753 e. The molecule has 9 rings (SSSR count). The van der Waals surface area contributed by atoms with E-state index in [-0.39, 0.29) is 67.0 Å². The first-order valence-corrected chi connectivity index (χ1v) is 17.5. The van der Waals surface area contributed by atoms with Crippen LogP contribution < -0.4 is 0 Å². The summed E-state index contributed by atoms with van der Waals surface area (Å²) in [5.41, 5.74) is 6.09. The minimum atomic E-state index is 0. The van der Waals surface area contributed by atoms with Gasteiger partial charge in [-0.2, -0.15) is 20.6 Å². The maximum atomic E-state index is 7.13. The van der Waals surface area contributed by atoms with E-state index in [9.17, 15) is 0 Å². The molecule has 6 heterocycles. The van der Waals surface area contributed by atoms with E-state index < -0.39 is 0 Å². The summed E-state index contributed by atoms with van der Waals surface area (Å²) in [4.78, 5) is 0. The minimum absolute atomic E-state index is 0. The molecule has 6 aromatic heterocycles. The van der Waals surface area contributed by atoms with Gasteiger partial charge < -0.3 is 54.5 Å². The van der Waals surface area contributed by atoms with Gasteiger partial charge in [-0.05, 0) is 72.8 Å². The standard InChI is InChI=1S/3C10H8N6.4CNS.2Fe.6H2O/c3*1-2-10(16-7-13-14-8-16)4-3-9(1)15-5-11-12-6-15;4*2-1-3;;;;;;;;/h3*1-8H;;;;;;;6*1H2/q;;;4*-1;2*+2;;;;;;/p+4. The van der Waals surface area contributed by atoms with E-state index in [1.165, 1.54) is 20.6 Å². The van der Waals surface area contributed by atoms with Crippen molar-refractivity contribution in [3.63, 3.8) is 0 Å². The van der Waals surface area contributed by atoms with Crippen LogP contribution >= 0.6 is 48.9 Å². The number of nitrogens with zero attached hydrogens (tertiary/aromatic N) is 22. The van der Waals surface area contributed by atoms with Crippen molar-refractivity contribution < 1.29 is 67.0 Å². The van der Waals surface area contributed by atoms with Crippen LogP contribution in [0.1, 0.15) is 0 Å². The molecule has 3 aromatic carbocycles. The van der Waals surface area contributed by atoms with Crippen molar-refractivity contribution in [2.24, 2.45) is 0 Å². The smallest absolute Gasteiger partial charge is 0.753 e. The van der Waals surface area contributed by atoms with Crippen molar-refractivity contribution in [2.75, 3.05) is 0 Å². The van der Waals surface area contributed by atoms with Crippen LogP contribution in [0, 0.1) is 0 Å². The molecule has 0 amide bonds. The summed E-state index contributed by atoms with van der Waals surface area (Å²) in [6, 6.07) is 23.8. The molecule has 0 bridgehead atoms. The Morgan fingerprint density at radius 3 is 0.412 bits per heavy atom. The Labute approximate surface area is 427 Å². The van der Waals surface area contributed by atoms with Crippen molar-refractivity contribution in [1.82, 2.24) is 88.6 Å². The van der Waals surface area contributed by atoms with Crippen molar-refractivity contribution in [3.8, 4) is 34.1 Å². The van der Waals surface area contributed by atoms with Gasteiger partial charge in [0.1, 0.15) is 75.9 Å². The molecule has 68 heavy (non-hydrogen) atoms. The first-order chi connectivity index (χ1) is 29.5.